The molecule has 2 N–H and O–H groups in total. The predicted molar refractivity (Wildman–Crippen MR) is 108 cm³/mol. The summed E-state index contributed by atoms with van der Waals surface area (Å²) in [6, 6.07) is 13.6. The highest BCUT2D eigenvalue weighted by molar-refractivity contribution is 6.30. The molecule has 134 valence electrons. The highest BCUT2D eigenvalue weighted by Crippen LogP contribution is 2.22. The first-order valence-corrected chi connectivity index (χ1v) is 9.06. The Balaban J connectivity index is 1.86. The van der Waals surface area contributed by atoms with E-state index in [2.05, 4.69) is 41.5 Å². The lowest BCUT2D eigenvalue weighted by Gasteiger charge is -2.22. The Labute approximate surface area is 155 Å². The Kier molecular flexibility index (Phi) is 7.14. The van der Waals surface area contributed by atoms with Gasteiger partial charge in [-0.05, 0) is 68.8 Å². The van der Waals surface area contributed by atoms with Crippen molar-refractivity contribution in [3.8, 4) is 0 Å². The van der Waals surface area contributed by atoms with Crippen LogP contribution in [0.5, 0.6) is 0 Å². The van der Waals surface area contributed by atoms with Gasteiger partial charge in [-0.2, -0.15) is 0 Å². The van der Waals surface area contributed by atoms with E-state index in [1.165, 1.54) is 5.69 Å². The first-order chi connectivity index (χ1) is 12.0. The molecule has 0 spiro atoms. The van der Waals surface area contributed by atoms with Crippen molar-refractivity contribution in [2.24, 2.45) is 0 Å². The van der Waals surface area contributed by atoms with Gasteiger partial charge in [0, 0.05) is 48.1 Å². The van der Waals surface area contributed by atoms with Gasteiger partial charge in [-0.3, -0.25) is 4.79 Å². The van der Waals surface area contributed by atoms with Crippen LogP contribution < -0.4 is 15.5 Å². The molecule has 2 aromatic carbocycles. The second-order valence-corrected chi connectivity index (χ2v) is 6.34. The molecule has 0 unspecified atom stereocenters. The van der Waals surface area contributed by atoms with Crippen LogP contribution in [0.4, 0.5) is 17.1 Å². The summed E-state index contributed by atoms with van der Waals surface area (Å²) >= 11 is 5.86. The number of nitrogens with one attached hydrogen (secondary N) is 2. The number of nitrogens with zero attached hydrogens (tertiary/aromatic N) is 1. The molecule has 5 heteroatoms. The quantitative estimate of drug-likeness (QED) is 0.702. The fourth-order valence-corrected chi connectivity index (χ4v) is 2.80. The maximum absolute atomic E-state index is 12.2. The average molecular weight is 360 g/mol. The molecule has 0 radical (unpaired) electrons. The molecule has 25 heavy (non-hydrogen) atoms. The van der Waals surface area contributed by atoms with Crippen molar-refractivity contribution in [1.29, 1.82) is 0 Å². The lowest BCUT2D eigenvalue weighted by atomic mass is 10.1. The van der Waals surface area contributed by atoms with E-state index >= 15 is 0 Å². The third-order valence-corrected chi connectivity index (χ3v) is 4.39. The van der Waals surface area contributed by atoms with Crippen molar-refractivity contribution in [2.75, 3.05) is 35.2 Å². The molecule has 0 saturated carbocycles. The number of amides is 1. The summed E-state index contributed by atoms with van der Waals surface area (Å²) in [5, 5.41) is 6.91. The Morgan fingerprint density at radius 2 is 1.76 bits per heavy atom. The predicted octanol–water partition coefficient (Wildman–Crippen LogP) is 4.94. The minimum absolute atomic E-state index is 0.000141. The Morgan fingerprint density at radius 3 is 2.36 bits per heavy atom. The van der Waals surface area contributed by atoms with Crippen molar-refractivity contribution >= 4 is 34.6 Å². The van der Waals surface area contributed by atoms with Crippen LogP contribution in [-0.4, -0.2) is 25.5 Å². The van der Waals surface area contributed by atoms with Gasteiger partial charge in [0.15, 0.2) is 0 Å². The van der Waals surface area contributed by atoms with E-state index in [1.54, 1.807) is 0 Å². The lowest BCUT2D eigenvalue weighted by Crippen LogP contribution is -2.22. The first kappa shape index (κ1) is 19.1. The van der Waals surface area contributed by atoms with E-state index in [0.717, 1.165) is 30.0 Å². The van der Waals surface area contributed by atoms with Crippen LogP contribution in [0.3, 0.4) is 0 Å². The second kappa shape index (κ2) is 9.33. The summed E-state index contributed by atoms with van der Waals surface area (Å²) in [6.07, 6.45) is 0.403. The molecule has 0 bridgehead atoms. The van der Waals surface area contributed by atoms with Crippen molar-refractivity contribution < 1.29 is 4.79 Å². The van der Waals surface area contributed by atoms with Gasteiger partial charge >= 0.3 is 0 Å². The highest BCUT2D eigenvalue weighted by atomic mass is 35.5. The van der Waals surface area contributed by atoms with E-state index in [1.807, 2.05) is 37.3 Å². The van der Waals surface area contributed by atoms with Gasteiger partial charge in [-0.1, -0.05) is 11.6 Å². The Bertz CT molecular complexity index is 697. The number of halogens is 1. The van der Waals surface area contributed by atoms with Crippen molar-refractivity contribution in [2.45, 2.75) is 27.2 Å². The summed E-state index contributed by atoms with van der Waals surface area (Å²) in [5.74, 6) is 0.000141. The molecule has 2 rings (SSSR count). The summed E-state index contributed by atoms with van der Waals surface area (Å²) in [5.41, 5.74) is 4.08. The zero-order chi connectivity index (χ0) is 18.2. The van der Waals surface area contributed by atoms with Crippen molar-refractivity contribution in [1.82, 2.24) is 0 Å². The monoisotopic (exact) mass is 359 g/mol. The minimum Gasteiger partial charge on any atom is -0.385 e. The van der Waals surface area contributed by atoms with Crippen LogP contribution in [0, 0.1) is 6.92 Å². The molecule has 0 saturated heterocycles. The first-order valence-electron chi connectivity index (χ1n) is 8.68. The number of hydrogen-bond donors (Lipinski definition) is 2. The average Bonchev–Trinajstić information content (AvgIpc) is 2.60. The fraction of sp³-hybridized carbons (Fsp3) is 0.350. The topological polar surface area (TPSA) is 44.4 Å². The Morgan fingerprint density at radius 1 is 1.08 bits per heavy atom. The largest absolute Gasteiger partial charge is 0.385 e. The maximum Gasteiger partial charge on any atom is 0.226 e. The standard InChI is InChI=1S/C20H26ClN3O/c1-4-24(5-2)18-10-11-19(15(3)14-18)23-20(25)12-13-22-17-8-6-16(21)7-9-17/h6-11,14,22H,4-5,12-13H2,1-3H3,(H,23,25). The van der Waals surface area contributed by atoms with E-state index in [-0.39, 0.29) is 5.91 Å². The number of hydrogen-bond acceptors (Lipinski definition) is 3. The number of aryl methyl sites for hydroxylation is 1. The molecular weight excluding hydrogens is 334 g/mol. The molecule has 1 amide bonds. The molecular formula is C20H26ClN3O. The molecule has 0 fully saturated rings. The van der Waals surface area contributed by atoms with Gasteiger partial charge in [0.1, 0.15) is 0 Å². The van der Waals surface area contributed by atoms with Gasteiger partial charge in [-0.15, -0.1) is 0 Å². The summed E-state index contributed by atoms with van der Waals surface area (Å²) in [6.45, 7) is 8.82. The van der Waals surface area contributed by atoms with Gasteiger partial charge in [0.05, 0.1) is 0 Å². The molecule has 0 heterocycles. The summed E-state index contributed by atoms with van der Waals surface area (Å²) in [7, 11) is 0. The van der Waals surface area contributed by atoms with Gasteiger partial charge < -0.3 is 15.5 Å². The van der Waals surface area contributed by atoms with Gasteiger partial charge in [-0.25, -0.2) is 0 Å². The third-order valence-electron chi connectivity index (χ3n) is 4.14. The maximum atomic E-state index is 12.2. The molecule has 0 atom stereocenters. The van der Waals surface area contributed by atoms with Crippen molar-refractivity contribution in [3.05, 3.63) is 53.1 Å². The van der Waals surface area contributed by atoms with E-state index in [9.17, 15) is 4.79 Å². The number of rotatable bonds is 8. The molecule has 2 aromatic rings. The van der Waals surface area contributed by atoms with Crippen LogP contribution in [-0.2, 0) is 4.79 Å². The third kappa shape index (κ3) is 5.68. The minimum atomic E-state index is 0.000141. The molecule has 0 aliphatic heterocycles. The van der Waals surface area contributed by atoms with E-state index < -0.39 is 0 Å². The SMILES string of the molecule is CCN(CC)c1ccc(NC(=O)CCNc2ccc(Cl)cc2)c(C)c1. The fourth-order valence-electron chi connectivity index (χ4n) is 2.67. The van der Waals surface area contributed by atoms with Crippen molar-refractivity contribution in [3.63, 3.8) is 0 Å². The Hall–Kier alpha value is -2.20. The van der Waals surface area contributed by atoms with E-state index in [0.29, 0.717) is 18.0 Å². The zero-order valence-electron chi connectivity index (χ0n) is 15.1. The smallest absolute Gasteiger partial charge is 0.226 e. The summed E-state index contributed by atoms with van der Waals surface area (Å²) < 4.78 is 0. The molecule has 0 aliphatic rings. The normalized spacial score (nSPS) is 10.4. The highest BCUT2D eigenvalue weighted by Gasteiger charge is 2.08. The van der Waals surface area contributed by atoms with Gasteiger partial charge in [0.2, 0.25) is 5.91 Å². The van der Waals surface area contributed by atoms with Gasteiger partial charge in [0.25, 0.3) is 0 Å². The second-order valence-electron chi connectivity index (χ2n) is 5.90. The van der Waals surface area contributed by atoms with E-state index in [4.69, 9.17) is 11.6 Å². The zero-order valence-corrected chi connectivity index (χ0v) is 15.9. The summed E-state index contributed by atoms with van der Waals surface area (Å²) in [4.78, 5) is 14.4. The lowest BCUT2D eigenvalue weighted by molar-refractivity contribution is -0.115. The number of carbonyl (C=O) groups excluding carboxylic acids is 1. The number of benzene rings is 2. The number of carbonyl (C=O) groups is 1. The van der Waals surface area contributed by atoms with Crippen LogP contribution in [0.15, 0.2) is 42.5 Å². The van der Waals surface area contributed by atoms with Crippen LogP contribution in [0.25, 0.3) is 0 Å². The molecule has 0 aromatic heterocycles. The molecule has 4 nitrogen and oxygen atoms in total. The van der Waals surface area contributed by atoms with Crippen LogP contribution in [0.1, 0.15) is 25.8 Å². The van der Waals surface area contributed by atoms with Crippen LogP contribution >= 0.6 is 11.6 Å². The molecule has 0 aliphatic carbocycles. The van der Waals surface area contributed by atoms with Crippen LogP contribution in [0.2, 0.25) is 5.02 Å². The number of anilines is 3.